The van der Waals surface area contributed by atoms with Gasteiger partial charge in [-0.05, 0) is 53.2 Å². The highest BCUT2D eigenvalue weighted by Gasteiger charge is 2.19. The van der Waals surface area contributed by atoms with E-state index in [0.717, 1.165) is 17.5 Å². The fourth-order valence-electron chi connectivity index (χ4n) is 2.82. The molecule has 0 aromatic heterocycles. The number of rotatable bonds is 6. The van der Waals surface area contributed by atoms with Crippen molar-refractivity contribution in [1.82, 2.24) is 16.2 Å². The van der Waals surface area contributed by atoms with Gasteiger partial charge in [-0.15, -0.1) is 0 Å². The molecule has 1 amide bonds. The molecule has 0 heterocycles. The number of phenols is 1. The van der Waals surface area contributed by atoms with Gasteiger partial charge in [-0.3, -0.25) is 15.6 Å². The Morgan fingerprint density at radius 2 is 1.71 bits per heavy atom. The minimum atomic E-state index is -0.422. The molecule has 5 nitrogen and oxygen atoms in total. The third kappa shape index (κ3) is 5.96. The summed E-state index contributed by atoms with van der Waals surface area (Å²) < 4.78 is 0. The second-order valence-corrected chi connectivity index (χ2v) is 7.79. The monoisotopic (exact) mass is 399 g/mol. The number of benzene rings is 2. The Morgan fingerprint density at radius 1 is 1.04 bits per heavy atom. The Balaban J connectivity index is 1.95. The van der Waals surface area contributed by atoms with Gasteiger partial charge in [-0.25, -0.2) is 0 Å². The smallest absolute Gasteiger partial charge is 0.273 e. The summed E-state index contributed by atoms with van der Waals surface area (Å²) in [5, 5.41) is 13.9. The van der Waals surface area contributed by atoms with Crippen LogP contribution in [0.15, 0.2) is 42.5 Å². The maximum absolute atomic E-state index is 12.6. The van der Waals surface area contributed by atoms with Gasteiger partial charge in [0.05, 0.1) is 5.56 Å². The third-order valence-electron chi connectivity index (χ3n) is 4.53. The second kappa shape index (κ2) is 10.1. The van der Waals surface area contributed by atoms with Crippen molar-refractivity contribution in [3.63, 3.8) is 0 Å². The Labute approximate surface area is 172 Å². The van der Waals surface area contributed by atoms with Crippen LogP contribution in [0.4, 0.5) is 0 Å². The van der Waals surface area contributed by atoms with Crippen molar-refractivity contribution in [3.8, 4) is 5.75 Å². The zero-order valence-corrected chi connectivity index (χ0v) is 17.7. The summed E-state index contributed by atoms with van der Waals surface area (Å²) in [5.74, 6) is -0.0481. The molecule has 0 aliphatic heterocycles. The molecule has 0 unspecified atom stereocenters. The third-order valence-corrected chi connectivity index (χ3v) is 4.77. The number of carbonyl (C=O) groups excluding carboxylic acids is 1. The molecule has 2 aromatic rings. The lowest BCUT2D eigenvalue weighted by atomic mass is 9.92. The number of amides is 1. The lowest BCUT2D eigenvalue weighted by Crippen LogP contribution is -2.47. The molecule has 0 atom stereocenters. The van der Waals surface area contributed by atoms with E-state index in [1.165, 1.54) is 5.56 Å². The normalized spacial score (nSPS) is 10.8. The summed E-state index contributed by atoms with van der Waals surface area (Å²) in [5.41, 5.74) is 8.49. The Hall–Kier alpha value is -2.60. The number of phenolic OH excluding ortho intramolecular Hbond substituents is 1. The molecule has 0 bridgehead atoms. The van der Waals surface area contributed by atoms with E-state index < -0.39 is 5.91 Å². The van der Waals surface area contributed by atoms with Gasteiger partial charge in [-0.2, -0.15) is 0 Å². The van der Waals surface area contributed by atoms with Crippen molar-refractivity contribution >= 4 is 23.2 Å². The van der Waals surface area contributed by atoms with Crippen molar-refractivity contribution in [2.24, 2.45) is 0 Å². The van der Waals surface area contributed by atoms with Crippen LogP contribution >= 0.6 is 12.2 Å². The topological polar surface area (TPSA) is 73.4 Å². The molecule has 0 saturated heterocycles. The van der Waals surface area contributed by atoms with E-state index >= 15 is 0 Å². The Bertz CT molecular complexity index is 820. The average molecular weight is 400 g/mol. The number of thiocarbonyl (C=S) groups is 1. The number of carbonyl (C=O) groups is 1. The van der Waals surface area contributed by atoms with Crippen molar-refractivity contribution in [3.05, 3.63) is 64.7 Å². The lowest BCUT2D eigenvalue weighted by Gasteiger charge is -2.17. The van der Waals surface area contributed by atoms with Crippen molar-refractivity contribution in [1.29, 1.82) is 0 Å². The fourth-order valence-corrected chi connectivity index (χ4v) is 2.97. The highest BCUT2D eigenvalue weighted by molar-refractivity contribution is 7.80. The summed E-state index contributed by atoms with van der Waals surface area (Å²) in [6.45, 7) is 8.75. The standard InChI is InChI=1S/C22H29N3O2S/c1-14(2)17-12-18(15(3)4)20(26)19(13-17)21(27)24-25-22(28)23-11-10-16-8-6-5-7-9-16/h5-9,12-15,26H,10-11H2,1-4H3,(H,24,27)(H2,23,25,28). The van der Waals surface area contributed by atoms with Crippen molar-refractivity contribution < 1.29 is 9.90 Å². The zero-order valence-electron chi connectivity index (χ0n) is 16.9. The van der Waals surface area contributed by atoms with E-state index in [0.29, 0.717) is 11.7 Å². The first kappa shape index (κ1) is 21.7. The van der Waals surface area contributed by atoms with Crippen LogP contribution in [-0.2, 0) is 6.42 Å². The van der Waals surface area contributed by atoms with Crippen LogP contribution in [0, 0.1) is 0 Å². The first-order valence-corrected chi connectivity index (χ1v) is 9.95. The fraction of sp³-hybridized carbons (Fsp3) is 0.364. The van der Waals surface area contributed by atoms with E-state index in [1.807, 2.05) is 38.1 Å². The van der Waals surface area contributed by atoms with E-state index in [9.17, 15) is 9.90 Å². The van der Waals surface area contributed by atoms with E-state index in [1.54, 1.807) is 6.07 Å². The predicted octanol–water partition coefficient (Wildman–Crippen LogP) is 3.99. The summed E-state index contributed by atoms with van der Waals surface area (Å²) in [4.78, 5) is 12.6. The van der Waals surface area contributed by atoms with Gasteiger partial charge in [0, 0.05) is 6.54 Å². The SMILES string of the molecule is CC(C)c1cc(C(=O)NNC(=S)NCCc2ccccc2)c(O)c(C(C)C)c1. The number of hydrazine groups is 1. The van der Waals surface area contributed by atoms with E-state index in [4.69, 9.17) is 12.2 Å². The van der Waals surface area contributed by atoms with Gasteiger partial charge in [0.15, 0.2) is 5.11 Å². The van der Waals surface area contributed by atoms with E-state index in [-0.39, 0.29) is 23.1 Å². The summed E-state index contributed by atoms with van der Waals surface area (Å²) >= 11 is 5.21. The quantitative estimate of drug-likeness (QED) is 0.437. The predicted molar refractivity (Wildman–Crippen MR) is 118 cm³/mol. The summed E-state index contributed by atoms with van der Waals surface area (Å²) in [7, 11) is 0. The van der Waals surface area contributed by atoms with E-state index in [2.05, 4.69) is 42.1 Å². The van der Waals surface area contributed by atoms with Crippen LogP contribution in [0.2, 0.25) is 0 Å². The van der Waals surface area contributed by atoms with Gasteiger partial charge in [0.25, 0.3) is 5.91 Å². The van der Waals surface area contributed by atoms with Crippen LogP contribution in [0.5, 0.6) is 5.75 Å². The van der Waals surface area contributed by atoms with Crippen molar-refractivity contribution in [2.75, 3.05) is 6.54 Å². The summed E-state index contributed by atoms with van der Waals surface area (Å²) in [6, 6.07) is 13.8. The molecule has 6 heteroatoms. The first-order valence-electron chi connectivity index (χ1n) is 9.54. The molecule has 0 aliphatic carbocycles. The summed E-state index contributed by atoms with van der Waals surface area (Å²) in [6.07, 6.45) is 0.825. The minimum Gasteiger partial charge on any atom is -0.507 e. The molecule has 0 radical (unpaired) electrons. The molecule has 28 heavy (non-hydrogen) atoms. The van der Waals surface area contributed by atoms with Gasteiger partial charge in [0.1, 0.15) is 5.75 Å². The highest BCUT2D eigenvalue weighted by atomic mass is 32.1. The van der Waals surface area contributed by atoms with Crippen molar-refractivity contribution in [2.45, 2.75) is 46.0 Å². The molecule has 2 aromatic carbocycles. The number of hydrogen-bond donors (Lipinski definition) is 4. The lowest BCUT2D eigenvalue weighted by molar-refractivity contribution is 0.0940. The highest BCUT2D eigenvalue weighted by Crippen LogP contribution is 2.32. The molecule has 4 N–H and O–H groups in total. The molecular weight excluding hydrogens is 370 g/mol. The van der Waals surface area contributed by atoms with Crippen LogP contribution in [0.25, 0.3) is 0 Å². The molecule has 0 aliphatic rings. The van der Waals surface area contributed by atoms with Crippen LogP contribution in [0.1, 0.15) is 66.6 Å². The molecule has 0 fully saturated rings. The molecule has 0 saturated carbocycles. The number of nitrogens with one attached hydrogen (secondary N) is 3. The molecule has 2 rings (SSSR count). The second-order valence-electron chi connectivity index (χ2n) is 7.39. The first-order chi connectivity index (χ1) is 13.3. The van der Waals surface area contributed by atoms with Crippen LogP contribution in [0.3, 0.4) is 0 Å². The molecular formula is C22H29N3O2S. The molecule has 0 spiro atoms. The largest absolute Gasteiger partial charge is 0.507 e. The van der Waals surface area contributed by atoms with Gasteiger partial charge < -0.3 is 10.4 Å². The zero-order chi connectivity index (χ0) is 20.7. The maximum Gasteiger partial charge on any atom is 0.273 e. The number of aromatic hydroxyl groups is 1. The Kier molecular flexibility index (Phi) is 7.81. The van der Waals surface area contributed by atoms with Crippen LogP contribution < -0.4 is 16.2 Å². The van der Waals surface area contributed by atoms with Gasteiger partial charge in [-0.1, -0.05) is 64.1 Å². The minimum absolute atomic E-state index is 0.0154. The molecule has 150 valence electrons. The average Bonchev–Trinajstić information content (AvgIpc) is 2.66. The van der Waals surface area contributed by atoms with Gasteiger partial charge >= 0.3 is 0 Å². The maximum atomic E-state index is 12.6. The Morgan fingerprint density at radius 3 is 2.32 bits per heavy atom. The van der Waals surface area contributed by atoms with Gasteiger partial charge in [0.2, 0.25) is 0 Å². The number of hydrogen-bond acceptors (Lipinski definition) is 3. The van der Waals surface area contributed by atoms with Crippen LogP contribution in [-0.4, -0.2) is 22.7 Å².